The molecule has 0 bridgehead atoms. The zero-order chi connectivity index (χ0) is 21.4. The van der Waals surface area contributed by atoms with Crippen LogP contribution in [0.1, 0.15) is 29.2 Å². The van der Waals surface area contributed by atoms with Crippen LogP contribution in [-0.4, -0.2) is 30.2 Å². The molecule has 1 amide bonds. The van der Waals surface area contributed by atoms with E-state index in [9.17, 15) is 18.4 Å². The first kappa shape index (κ1) is 19.9. The third-order valence-corrected chi connectivity index (χ3v) is 5.46. The van der Waals surface area contributed by atoms with Crippen LogP contribution in [0.25, 0.3) is 10.9 Å². The van der Waals surface area contributed by atoms with Crippen molar-refractivity contribution in [2.24, 2.45) is 5.73 Å². The van der Waals surface area contributed by atoms with Gasteiger partial charge in [0.15, 0.2) is 18.2 Å². The summed E-state index contributed by atoms with van der Waals surface area (Å²) in [7, 11) is 1.27. The Labute approximate surface area is 171 Å². The molecule has 0 radical (unpaired) electrons. The molecule has 4 rings (SSSR count). The van der Waals surface area contributed by atoms with Crippen LogP contribution in [-0.2, 0) is 27.3 Å². The van der Waals surface area contributed by atoms with Gasteiger partial charge in [-0.1, -0.05) is 12.1 Å². The molecule has 0 spiro atoms. The molecule has 3 aromatic rings. The van der Waals surface area contributed by atoms with Gasteiger partial charge in [0.25, 0.3) is 0 Å². The number of esters is 1. The molecule has 1 aromatic heterocycles. The molecule has 0 saturated carbocycles. The Morgan fingerprint density at radius 1 is 1.20 bits per heavy atom. The van der Waals surface area contributed by atoms with Crippen LogP contribution in [0.15, 0.2) is 36.4 Å². The largest absolute Gasteiger partial charge is 0.481 e. The Balaban J connectivity index is 1.85. The SMILES string of the molecule is COC(=O)COc1cccc2c1c1c(n2Cc2ccc(F)c(F)c2)CCC1C(N)=O. The number of methoxy groups -OCH3 is 1. The highest BCUT2D eigenvalue weighted by Gasteiger charge is 2.34. The molecule has 0 aliphatic heterocycles. The summed E-state index contributed by atoms with van der Waals surface area (Å²) in [5, 5.41) is 0.695. The van der Waals surface area contributed by atoms with E-state index in [4.69, 9.17) is 10.5 Å². The van der Waals surface area contributed by atoms with E-state index in [1.807, 2.05) is 10.6 Å². The molecule has 2 aromatic carbocycles. The van der Waals surface area contributed by atoms with Gasteiger partial charge in [0.2, 0.25) is 5.91 Å². The fourth-order valence-corrected chi connectivity index (χ4v) is 4.12. The lowest BCUT2D eigenvalue weighted by molar-refractivity contribution is -0.142. The summed E-state index contributed by atoms with van der Waals surface area (Å²) in [5.41, 5.74) is 8.64. The number of ether oxygens (including phenoxy) is 2. The first-order valence-corrected chi connectivity index (χ1v) is 9.47. The molecule has 0 fully saturated rings. The standard InChI is InChI=1S/C22H20F2N2O4/c1-29-19(27)11-30-18-4-2-3-16-21(18)20-13(22(25)28)6-8-17(20)26(16)10-12-5-7-14(23)15(24)9-12/h2-5,7,9,13H,6,8,10-11H2,1H3,(H2,25,28). The maximum Gasteiger partial charge on any atom is 0.343 e. The molecule has 2 N–H and O–H groups in total. The van der Waals surface area contributed by atoms with Crippen LogP contribution in [0.5, 0.6) is 5.75 Å². The predicted octanol–water partition coefficient (Wildman–Crippen LogP) is 3.03. The lowest BCUT2D eigenvalue weighted by Gasteiger charge is -2.12. The third-order valence-electron chi connectivity index (χ3n) is 5.46. The summed E-state index contributed by atoms with van der Waals surface area (Å²) in [6.07, 6.45) is 1.16. The number of primary amides is 1. The summed E-state index contributed by atoms with van der Waals surface area (Å²) in [6.45, 7) is 0.00888. The molecule has 6 nitrogen and oxygen atoms in total. The number of hydrogen-bond acceptors (Lipinski definition) is 4. The maximum absolute atomic E-state index is 13.7. The number of amides is 1. The average Bonchev–Trinajstić information content (AvgIpc) is 3.28. The van der Waals surface area contributed by atoms with E-state index in [2.05, 4.69) is 4.74 Å². The lowest BCUT2D eigenvalue weighted by atomic mass is 9.99. The fraction of sp³-hybridized carbons (Fsp3) is 0.273. The van der Waals surface area contributed by atoms with Crippen LogP contribution in [0.3, 0.4) is 0 Å². The van der Waals surface area contributed by atoms with Crippen molar-refractivity contribution in [1.29, 1.82) is 0 Å². The number of nitrogens with zero attached hydrogens (tertiary/aromatic N) is 1. The van der Waals surface area contributed by atoms with Crippen LogP contribution < -0.4 is 10.5 Å². The van der Waals surface area contributed by atoms with E-state index in [-0.39, 0.29) is 13.2 Å². The lowest BCUT2D eigenvalue weighted by Crippen LogP contribution is -2.19. The molecular weight excluding hydrogens is 394 g/mol. The average molecular weight is 414 g/mol. The van der Waals surface area contributed by atoms with Crippen LogP contribution >= 0.6 is 0 Å². The normalized spacial score (nSPS) is 15.2. The summed E-state index contributed by atoms with van der Waals surface area (Å²) < 4.78 is 39.3. The monoisotopic (exact) mass is 414 g/mol. The van der Waals surface area contributed by atoms with Crippen molar-refractivity contribution in [3.05, 3.63) is 64.9 Å². The summed E-state index contributed by atoms with van der Waals surface area (Å²) >= 11 is 0. The van der Waals surface area contributed by atoms with Crippen LogP contribution in [0.2, 0.25) is 0 Å². The number of rotatable bonds is 6. The van der Waals surface area contributed by atoms with E-state index in [1.165, 1.54) is 13.2 Å². The number of hydrogen-bond donors (Lipinski definition) is 1. The van der Waals surface area contributed by atoms with Crippen LogP contribution in [0, 0.1) is 11.6 Å². The van der Waals surface area contributed by atoms with Gasteiger partial charge in [-0.15, -0.1) is 0 Å². The zero-order valence-electron chi connectivity index (χ0n) is 16.3. The van der Waals surface area contributed by atoms with Gasteiger partial charge in [0, 0.05) is 17.6 Å². The number of halogens is 2. The molecule has 0 saturated heterocycles. The Bertz CT molecular complexity index is 1160. The number of carbonyl (C=O) groups excluding carboxylic acids is 2. The minimum atomic E-state index is -0.919. The van der Waals surface area contributed by atoms with Crippen molar-refractivity contribution in [3.63, 3.8) is 0 Å². The number of nitrogens with two attached hydrogens (primary N) is 1. The van der Waals surface area contributed by atoms with Gasteiger partial charge in [0.05, 0.1) is 18.5 Å². The number of aromatic nitrogens is 1. The second-order valence-electron chi connectivity index (χ2n) is 7.20. The highest BCUT2D eigenvalue weighted by atomic mass is 19.2. The van der Waals surface area contributed by atoms with Crippen molar-refractivity contribution in [1.82, 2.24) is 4.57 Å². The molecule has 8 heteroatoms. The number of fused-ring (bicyclic) bond motifs is 3. The Morgan fingerprint density at radius 2 is 2.00 bits per heavy atom. The van der Waals surface area contributed by atoms with Gasteiger partial charge in [0.1, 0.15) is 5.75 Å². The molecule has 1 aliphatic carbocycles. The molecule has 1 atom stereocenters. The van der Waals surface area contributed by atoms with Crippen molar-refractivity contribution in [2.75, 3.05) is 13.7 Å². The topological polar surface area (TPSA) is 83.6 Å². The van der Waals surface area contributed by atoms with Crippen LogP contribution in [0.4, 0.5) is 8.78 Å². The van der Waals surface area contributed by atoms with Gasteiger partial charge < -0.3 is 19.8 Å². The van der Waals surface area contributed by atoms with E-state index in [0.717, 1.165) is 28.9 Å². The first-order chi connectivity index (χ1) is 14.4. The number of carbonyl (C=O) groups is 2. The maximum atomic E-state index is 13.7. The smallest absolute Gasteiger partial charge is 0.343 e. The van der Waals surface area contributed by atoms with Gasteiger partial charge in [-0.05, 0) is 48.2 Å². The first-order valence-electron chi connectivity index (χ1n) is 9.47. The quantitative estimate of drug-likeness (QED) is 0.629. The molecule has 1 unspecified atom stereocenters. The Morgan fingerprint density at radius 3 is 2.70 bits per heavy atom. The Hall–Kier alpha value is -3.42. The van der Waals surface area contributed by atoms with Gasteiger partial charge in [-0.25, -0.2) is 13.6 Å². The third kappa shape index (κ3) is 3.38. The number of benzene rings is 2. The van der Waals surface area contributed by atoms with Crippen molar-refractivity contribution >= 4 is 22.8 Å². The minimum Gasteiger partial charge on any atom is -0.481 e. The summed E-state index contributed by atoms with van der Waals surface area (Å²) in [4.78, 5) is 23.6. The van der Waals surface area contributed by atoms with E-state index in [1.54, 1.807) is 12.1 Å². The Kier molecular flexibility index (Phi) is 5.15. The molecule has 1 heterocycles. The molecule has 156 valence electrons. The van der Waals surface area contributed by atoms with E-state index in [0.29, 0.717) is 29.5 Å². The van der Waals surface area contributed by atoms with Gasteiger partial charge in [-0.2, -0.15) is 0 Å². The molecular formula is C22H20F2N2O4. The van der Waals surface area contributed by atoms with Gasteiger partial charge in [-0.3, -0.25) is 4.79 Å². The molecule has 30 heavy (non-hydrogen) atoms. The minimum absolute atomic E-state index is 0.278. The zero-order valence-corrected chi connectivity index (χ0v) is 16.3. The summed E-state index contributed by atoms with van der Waals surface area (Å²) in [6, 6.07) is 9.11. The highest BCUT2D eigenvalue weighted by molar-refractivity contribution is 5.97. The van der Waals surface area contributed by atoms with Crippen molar-refractivity contribution in [2.45, 2.75) is 25.3 Å². The fourth-order valence-electron chi connectivity index (χ4n) is 4.12. The van der Waals surface area contributed by atoms with Gasteiger partial charge >= 0.3 is 5.97 Å². The second kappa shape index (κ2) is 7.78. The summed E-state index contributed by atoms with van der Waals surface area (Å²) in [5.74, 6) is -2.85. The van der Waals surface area contributed by atoms with E-state index < -0.39 is 29.4 Å². The predicted molar refractivity (Wildman–Crippen MR) is 105 cm³/mol. The van der Waals surface area contributed by atoms with E-state index >= 15 is 0 Å². The second-order valence-corrected chi connectivity index (χ2v) is 7.20. The van der Waals surface area contributed by atoms with Crippen molar-refractivity contribution < 1.29 is 27.8 Å². The highest BCUT2D eigenvalue weighted by Crippen LogP contribution is 2.44. The van der Waals surface area contributed by atoms with Crippen molar-refractivity contribution in [3.8, 4) is 5.75 Å². The molecule has 1 aliphatic rings.